The summed E-state index contributed by atoms with van der Waals surface area (Å²) < 4.78 is 10.8. The number of carbonyl (C=O) groups is 2. The highest BCUT2D eigenvalue weighted by atomic mass is 16.5. The fourth-order valence-electron chi connectivity index (χ4n) is 3.05. The SMILES string of the molecule is CC(C)(CNC(=O)c1ccc2c(c1)C(=O)NCCO2)C1(O)CCOC1. The van der Waals surface area contributed by atoms with E-state index in [-0.39, 0.29) is 18.4 Å². The number of hydrogen-bond acceptors (Lipinski definition) is 5. The number of carbonyl (C=O) groups excluding carboxylic acids is 2. The van der Waals surface area contributed by atoms with Crippen LogP contribution >= 0.6 is 0 Å². The molecule has 0 aromatic heterocycles. The highest BCUT2D eigenvalue weighted by Crippen LogP contribution is 2.37. The molecule has 25 heavy (non-hydrogen) atoms. The van der Waals surface area contributed by atoms with Gasteiger partial charge in [0, 0.05) is 30.6 Å². The summed E-state index contributed by atoms with van der Waals surface area (Å²) in [7, 11) is 0. The molecule has 0 saturated carbocycles. The van der Waals surface area contributed by atoms with Crippen molar-refractivity contribution < 1.29 is 24.2 Å². The molecule has 136 valence electrons. The van der Waals surface area contributed by atoms with Gasteiger partial charge in [0.1, 0.15) is 12.4 Å². The molecule has 1 saturated heterocycles. The Morgan fingerprint density at radius 2 is 2.20 bits per heavy atom. The van der Waals surface area contributed by atoms with E-state index in [4.69, 9.17) is 9.47 Å². The summed E-state index contributed by atoms with van der Waals surface area (Å²) in [6.07, 6.45) is 0.548. The molecule has 3 rings (SSSR count). The molecule has 3 N–H and O–H groups in total. The fraction of sp³-hybridized carbons (Fsp3) is 0.556. The van der Waals surface area contributed by atoms with Crippen LogP contribution in [-0.2, 0) is 4.74 Å². The zero-order valence-electron chi connectivity index (χ0n) is 14.6. The number of amides is 2. The molecule has 2 aliphatic heterocycles. The Bertz CT molecular complexity index is 680. The van der Waals surface area contributed by atoms with E-state index < -0.39 is 11.0 Å². The van der Waals surface area contributed by atoms with Crippen LogP contribution in [-0.4, -0.2) is 55.4 Å². The van der Waals surface area contributed by atoms with Crippen LogP contribution in [0.25, 0.3) is 0 Å². The number of ether oxygens (including phenoxy) is 2. The van der Waals surface area contributed by atoms with Gasteiger partial charge in [0.2, 0.25) is 0 Å². The van der Waals surface area contributed by atoms with Gasteiger partial charge >= 0.3 is 0 Å². The summed E-state index contributed by atoms with van der Waals surface area (Å²) in [6, 6.07) is 4.80. The van der Waals surface area contributed by atoms with E-state index in [1.165, 1.54) is 6.07 Å². The highest BCUT2D eigenvalue weighted by Gasteiger charge is 2.46. The minimum Gasteiger partial charge on any atom is -0.491 e. The van der Waals surface area contributed by atoms with Crippen LogP contribution in [0.3, 0.4) is 0 Å². The molecule has 2 heterocycles. The minimum absolute atomic E-state index is 0.250. The van der Waals surface area contributed by atoms with E-state index in [0.29, 0.717) is 49.6 Å². The standard InChI is InChI=1S/C18H24N2O5/c1-17(2,18(23)5-7-24-11-18)10-20-15(21)12-3-4-14-13(9-12)16(22)19-6-8-25-14/h3-4,9,23H,5-8,10-11H2,1-2H3,(H,19,22)(H,20,21). The van der Waals surface area contributed by atoms with Crippen LogP contribution in [0.4, 0.5) is 0 Å². The molecule has 1 aromatic carbocycles. The molecule has 0 radical (unpaired) electrons. The van der Waals surface area contributed by atoms with Gasteiger partial charge in [-0.3, -0.25) is 9.59 Å². The third-order valence-electron chi connectivity index (χ3n) is 5.08. The lowest BCUT2D eigenvalue weighted by molar-refractivity contribution is -0.0674. The van der Waals surface area contributed by atoms with Crippen LogP contribution in [0.1, 0.15) is 41.0 Å². The number of benzene rings is 1. The summed E-state index contributed by atoms with van der Waals surface area (Å²) >= 11 is 0. The quantitative estimate of drug-likeness (QED) is 0.745. The van der Waals surface area contributed by atoms with Crippen molar-refractivity contribution in [2.75, 3.05) is 32.9 Å². The summed E-state index contributed by atoms with van der Waals surface area (Å²) in [6.45, 7) is 5.73. The molecule has 7 nitrogen and oxygen atoms in total. The summed E-state index contributed by atoms with van der Waals surface area (Å²) in [4.78, 5) is 24.5. The lowest BCUT2D eigenvalue weighted by Gasteiger charge is -2.38. The Hall–Kier alpha value is -2.12. The molecular weight excluding hydrogens is 324 g/mol. The first-order chi connectivity index (χ1) is 11.8. The topological polar surface area (TPSA) is 96.9 Å². The van der Waals surface area contributed by atoms with Crippen LogP contribution in [0.15, 0.2) is 18.2 Å². The lowest BCUT2D eigenvalue weighted by atomic mass is 9.74. The van der Waals surface area contributed by atoms with Gasteiger partial charge in [-0.1, -0.05) is 13.8 Å². The average Bonchev–Trinajstić information content (AvgIpc) is 2.96. The molecule has 1 unspecified atom stereocenters. The molecule has 0 aliphatic carbocycles. The predicted molar refractivity (Wildman–Crippen MR) is 90.8 cm³/mol. The number of hydrogen-bond donors (Lipinski definition) is 3. The van der Waals surface area contributed by atoms with Crippen LogP contribution in [0.2, 0.25) is 0 Å². The minimum atomic E-state index is -0.957. The second-order valence-electron chi connectivity index (χ2n) is 7.22. The van der Waals surface area contributed by atoms with Gasteiger partial charge in [-0.25, -0.2) is 0 Å². The molecule has 1 atom stereocenters. The van der Waals surface area contributed by atoms with Gasteiger partial charge in [0.15, 0.2) is 0 Å². The number of aliphatic hydroxyl groups is 1. The number of rotatable bonds is 4. The van der Waals surface area contributed by atoms with E-state index in [9.17, 15) is 14.7 Å². The van der Waals surface area contributed by atoms with E-state index in [0.717, 1.165) is 0 Å². The van der Waals surface area contributed by atoms with Gasteiger partial charge in [-0.05, 0) is 18.2 Å². The van der Waals surface area contributed by atoms with E-state index >= 15 is 0 Å². The van der Waals surface area contributed by atoms with Crippen molar-refractivity contribution in [2.24, 2.45) is 5.41 Å². The Balaban J connectivity index is 1.70. The monoisotopic (exact) mass is 348 g/mol. The Kier molecular flexibility index (Phi) is 4.71. The van der Waals surface area contributed by atoms with Crippen LogP contribution in [0.5, 0.6) is 5.75 Å². The first-order valence-corrected chi connectivity index (χ1v) is 8.46. The van der Waals surface area contributed by atoms with Crippen molar-refractivity contribution in [1.29, 1.82) is 0 Å². The summed E-state index contributed by atoms with van der Waals surface area (Å²) in [5, 5.41) is 16.3. The van der Waals surface area contributed by atoms with Crippen molar-refractivity contribution in [3.8, 4) is 5.75 Å². The maximum atomic E-state index is 12.5. The second-order valence-corrected chi connectivity index (χ2v) is 7.22. The van der Waals surface area contributed by atoms with E-state index in [1.807, 2.05) is 13.8 Å². The molecule has 2 amide bonds. The summed E-state index contributed by atoms with van der Waals surface area (Å²) in [5.41, 5.74) is -0.760. The predicted octanol–water partition coefficient (Wildman–Crippen LogP) is 0.716. The Morgan fingerprint density at radius 1 is 1.40 bits per heavy atom. The molecule has 1 fully saturated rings. The Morgan fingerprint density at radius 3 is 2.92 bits per heavy atom. The van der Waals surface area contributed by atoms with Crippen molar-refractivity contribution >= 4 is 11.8 Å². The van der Waals surface area contributed by atoms with Gasteiger partial charge in [-0.15, -0.1) is 0 Å². The molecule has 2 aliphatic rings. The largest absolute Gasteiger partial charge is 0.491 e. The third kappa shape index (κ3) is 3.48. The molecule has 1 aromatic rings. The third-order valence-corrected chi connectivity index (χ3v) is 5.08. The van der Waals surface area contributed by atoms with Crippen LogP contribution < -0.4 is 15.4 Å². The number of fused-ring (bicyclic) bond motifs is 1. The van der Waals surface area contributed by atoms with Gasteiger partial charge in [0.25, 0.3) is 11.8 Å². The Labute approximate surface area is 146 Å². The lowest BCUT2D eigenvalue weighted by Crippen LogP contribution is -2.51. The number of nitrogens with one attached hydrogen (secondary N) is 2. The fourth-order valence-corrected chi connectivity index (χ4v) is 3.05. The molecule has 7 heteroatoms. The molecule has 0 spiro atoms. The van der Waals surface area contributed by atoms with Gasteiger partial charge < -0.3 is 25.2 Å². The average molecular weight is 348 g/mol. The highest BCUT2D eigenvalue weighted by molar-refractivity contribution is 6.01. The van der Waals surface area contributed by atoms with E-state index in [2.05, 4.69) is 10.6 Å². The first-order valence-electron chi connectivity index (χ1n) is 8.46. The van der Waals surface area contributed by atoms with Crippen molar-refractivity contribution in [3.05, 3.63) is 29.3 Å². The maximum absolute atomic E-state index is 12.5. The molecular formula is C18H24N2O5. The van der Waals surface area contributed by atoms with Gasteiger partial charge in [-0.2, -0.15) is 0 Å². The first kappa shape index (κ1) is 17.7. The summed E-state index contributed by atoms with van der Waals surface area (Å²) in [5.74, 6) is -0.0698. The smallest absolute Gasteiger partial charge is 0.255 e. The zero-order chi connectivity index (χ0) is 18.1. The van der Waals surface area contributed by atoms with Crippen molar-refractivity contribution in [2.45, 2.75) is 25.9 Å². The second kappa shape index (κ2) is 6.65. The maximum Gasteiger partial charge on any atom is 0.255 e. The van der Waals surface area contributed by atoms with Crippen molar-refractivity contribution in [3.63, 3.8) is 0 Å². The van der Waals surface area contributed by atoms with E-state index in [1.54, 1.807) is 12.1 Å². The van der Waals surface area contributed by atoms with Gasteiger partial charge in [0.05, 0.1) is 24.3 Å². The zero-order valence-corrected chi connectivity index (χ0v) is 14.6. The van der Waals surface area contributed by atoms with Crippen LogP contribution in [0, 0.1) is 5.41 Å². The van der Waals surface area contributed by atoms with Crippen molar-refractivity contribution in [1.82, 2.24) is 10.6 Å². The molecule has 0 bridgehead atoms. The normalized spacial score (nSPS) is 23.2.